The summed E-state index contributed by atoms with van der Waals surface area (Å²) in [6, 6.07) is 0. The molecule has 0 bridgehead atoms. The van der Waals surface area contributed by atoms with Crippen LogP contribution in [0.25, 0.3) is 0 Å². The monoisotopic (exact) mass is 400 g/mol. The van der Waals surface area contributed by atoms with Gasteiger partial charge in [0, 0.05) is 52.4 Å². The largest absolute Gasteiger partial charge is 0.330 e. The molecule has 1 aliphatic heterocycles. The zero-order valence-corrected chi connectivity index (χ0v) is 18.2. The van der Waals surface area contributed by atoms with E-state index < -0.39 is 0 Å². The van der Waals surface area contributed by atoms with Crippen LogP contribution in [0, 0.1) is 0 Å². The summed E-state index contributed by atoms with van der Waals surface area (Å²) >= 11 is 0. The molecular weight excluding hydrogens is 352 g/mol. The van der Waals surface area contributed by atoms with Gasteiger partial charge in [-0.25, -0.2) is 0 Å². The van der Waals surface area contributed by atoms with Crippen LogP contribution in [0.1, 0.15) is 25.7 Å². The fraction of sp³-hybridized carbons (Fsp3) is 1.00. The summed E-state index contributed by atoms with van der Waals surface area (Å²) in [5.74, 6) is 0. The average molecular weight is 401 g/mol. The van der Waals surface area contributed by atoms with E-state index in [0.29, 0.717) is 0 Å². The molecule has 0 aromatic heterocycles. The second kappa shape index (κ2) is 17.5. The molecule has 8 N–H and O–H groups in total. The molecule has 1 saturated heterocycles. The summed E-state index contributed by atoms with van der Waals surface area (Å²) < 4.78 is 0. The molecular formula is C20H48N8. The SMILES string of the molecule is NCCCN1CCN(CCCN)CCN(CCCN)CCN(CCCN)CC1. The van der Waals surface area contributed by atoms with E-state index in [4.69, 9.17) is 22.9 Å². The molecule has 0 amide bonds. The van der Waals surface area contributed by atoms with Crippen molar-refractivity contribution in [2.45, 2.75) is 25.7 Å². The summed E-state index contributed by atoms with van der Waals surface area (Å²) in [6.45, 7) is 16.3. The lowest BCUT2D eigenvalue weighted by Crippen LogP contribution is -2.47. The van der Waals surface area contributed by atoms with Crippen LogP contribution in [0.5, 0.6) is 0 Å². The minimum Gasteiger partial charge on any atom is -0.330 e. The Hall–Kier alpha value is -0.320. The van der Waals surface area contributed by atoms with Gasteiger partial charge in [0.2, 0.25) is 0 Å². The van der Waals surface area contributed by atoms with Crippen LogP contribution in [0.15, 0.2) is 0 Å². The van der Waals surface area contributed by atoms with Crippen LogP contribution in [-0.2, 0) is 0 Å². The van der Waals surface area contributed by atoms with Crippen molar-refractivity contribution in [3.63, 3.8) is 0 Å². The Balaban J connectivity index is 2.73. The predicted molar refractivity (Wildman–Crippen MR) is 120 cm³/mol. The Labute approximate surface area is 173 Å². The van der Waals surface area contributed by atoms with Gasteiger partial charge < -0.3 is 42.5 Å². The highest BCUT2D eigenvalue weighted by Gasteiger charge is 2.16. The van der Waals surface area contributed by atoms with Crippen LogP contribution < -0.4 is 22.9 Å². The van der Waals surface area contributed by atoms with Gasteiger partial charge in [-0.15, -0.1) is 0 Å². The van der Waals surface area contributed by atoms with Crippen molar-refractivity contribution in [3.8, 4) is 0 Å². The van der Waals surface area contributed by atoms with Crippen LogP contribution in [0.4, 0.5) is 0 Å². The molecule has 1 rings (SSSR count). The summed E-state index contributed by atoms with van der Waals surface area (Å²) in [5, 5.41) is 0. The average Bonchev–Trinajstić information content (AvgIpc) is 2.71. The van der Waals surface area contributed by atoms with E-state index in [0.717, 1.165) is 130 Å². The van der Waals surface area contributed by atoms with E-state index in [9.17, 15) is 0 Å². The molecule has 0 aromatic carbocycles. The second-order valence-electron chi connectivity index (χ2n) is 7.94. The third-order valence-corrected chi connectivity index (χ3v) is 5.64. The normalized spacial score (nSPS) is 20.1. The summed E-state index contributed by atoms with van der Waals surface area (Å²) in [5.41, 5.74) is 23.1. The molecule has 8 heteroatoms. The van der Waals surface area contributed by atoms with Gasteiger partial charge >= 0.3 is 0 Å². The van der Waals surface area contributed by atoms with Crippen molar-refractivity contribution in [2.75, 3.05) is 105 Å². The van der Waals surface area contributed by atoms with Gasteiger partial charge in [-0.1, -0.05) is 0 Å². The maximum absolute atomic E-state index is 5.77. The van der Waals surface area contributed by atoms with E-state index in [2.05, 4.69) is 19.6 Å². The molecule has 0 saturated carbocycles. The lowest BCUT2D eigenvalue weighted by molar-refractivity contribution is 0.131. The second-order valence-corrected chi connectivity index (χ2v) is 7.94. The Bertz CT molecular complexity index is 264. The van der Waals surface area contributed by atoms with E-state index in [1.807, 2.05) is 0 Å². The van der Waals surface area contributed by atoms with Gasteiger partial charge in [0.1, 0.15) is 0 Å². The predicted octanol–water partition coefficient (Wildman–Crippen LogP) is -1.40. The van der Waals surface area contributed by atoms with Crippen molar-refractivity contribution < 1.29 is 0 Å². The minimum atomic E-state index is 0.764. The first kappa shape index (κ1) is 25.7. The molecule has 0 unspecified atom stereocenters. The van der Waals surface area contributed by atoms with Gasteiger partial charge in [0.25, 0.3) is 0 Å². The molecule has 1 heterocycles. The zero-order valence-electron chi connectivity index (χ0n) is 18.2. The van der Waals surface area contributed by atoms with Crippen LogP contribution in [-0.4, -0.2) is 124 Å². The van der Waals surface area contributed by atoms with Gasteiger partial charge in [-0.2, -0.15) is 0 Å². The third-order valence-electron chi connectivity index (χ3n) is 5.64. The first-order valence-corrected chi connectivity index (χ1v) is 11.4. The third kappa shape index (κ3) is 12.3. The molecule has 1 fully saturated rings. The van der Waals surface area contributed by atoms with E-state index in [-0.39, 0.29) is 0 Å². The van der Waals surface area contributed by atoms with Crippen molar-refractivity contribution >= 4 is 0 Å². The Morgan fingerprint density at radius 3 is 0.679 bits per heavy atom. The van der Waals surface area contributed by atoms with Crippen LogP contribution in [0.3, 0.4) is 0 Å². The van der Waals surface area contributed by atoms with Gasteiger partial charge in [0.15, 0.2) is 0 Å². The Kier molecular flexibility index (Phi) is 16.1. The fourth-order valence-corrected chi connectivity index (χ4v) is 3.73. The molecule has 0 radical (unpaired) electrons. The molecule has 168 valence electrons. The van der Waals surface area contributed by atoms with Crippen molar-refractivity contribution in [1.82, 2.24) is 19.6 Å². The number of hydrogen-bond acceptors (Lipinski definition) is 8. The number of hydrogen-bond donors (Lipinski definition) is 4. The minimum absolute atomic E-state index is 0.764. The van der Waals surface area contributed by atoms with E-state index in [1.54, 1.807) is 0 Å². The number of rotatable bonds is 12. The van der Waals surface area contributed by atoms with E-state index in [1.165, 1.54) is 0 Å². The smallest absolute Gasteiger partial charge is 0.0110 e. The summed E-state index contributed by atoms with van der Waals surface area (Å²) in [4.78, 5) is 10.4. The molecule has 8 nitrogen and oxygen atoms in total. The van der Waals surface area contributed by atoms with Crippen LogP contribution in [0.2, 0.25) is 0 Å². The topological polar surface area (TPSA) is 117 Å². The Morgan fingerprint density at radius 2 is 0.536 bits per heavy atom. The van der Waals surface area contributed by atoms with Crippen LogP contribution >= 0.6 is 0 Å². The first-order chi connectivity index (χ1) is 13.7. The maximum Gasteiger partial charge on any atom is 0.0110 e. The van der Waals surface area contributed by atoms with E-state index >= 15 is 0 Å². The van der Waals surface area contributed by atoms with Crippen molar-refractivity contribution in [2.24, 2.45) is 22.9 Å². The highest BCUT2D eigenvalue weighted by molar-refractivity contribution is 4.72. The molecule has 0 aromatic rings. The summed E-state index contributed by atoms with van der Waals surface area (Å²) in [7, 11) is 0. The Morgan fingerprint density at radius 1 is 0.357 bits per heavy atom. The lowest BCUT2D eigenvalue weighted by Gasteiger charge is -2.34. The van der Waals surface area contributed by atoms with Crippen molar-refractivity contribution in [1.29, 1.82) is 0 Å². The lowest BCUT2D eigenvalue weighted by atomic mass is 10.2. The molecule has 0 atom stereocenters. The van der Waals surface area contributed by atoms with Gasteiger partial charge in [-0.05, 0) is 78.0 Å². The number of nitrogens with two attached hydrogens (primary N) is 4. The molecule has 0 aliphatic carbocycles. The zero-order chi connectivity index (χ0) is 20.5. The fourth-order valence-electron chi connectivity index (χ4n) is 3.73. The molecule has 28 heavy (non-hydrogen) atoms. The molecule has 0 spiro atoms. The molecule has 1 aliphatic rings. The highest BCUT2D eigenvalue weighted by atomic mass is 15.3. The highest BCUT2D eigenvalue weighted by Crippen LogP contribution is 2.03. The number of nitrogens with zero attached hydrogens (tertiary/aromatic N) is 4. The quantitative estimate of drug-likeness (QED) is 0.316. The van der Waals surface area contributed by atoms with Gasteiger partial charge in [0.05, 0.1) is 0 Å². The van der Waals surface area contributed by atoms with Gasteiger partial charge in [-0.3, -0.25) is 0 Å². The maximum atomic E-state index is 5.77. The standard InChI is InChI=1S/C20H48N8/c21-5-1-9-25-13-15-26(10-2-6-22)17-19-28(12-4-8-24)20-18-27(16-14-25)11-3-7-23/h1-24H2. The van der Waals surface area contributed by atoms with Crippen molar-refractivity contribution in [3.05, 3.63) is 0 Å². The summed E-state index contributed by atoms with van der Waals surface area (Å²) in [6.07, 6.45) is 4.27. The first-order valence-electron chi connectivity index (χ1n) is 11.4.